The molecule has 0 saturated carbocycles. The Morgan fingerprint density at radius 1 is 1.85 bits per heavy atom. The monoisotopic (exact) mass is 180 g/mol. The van der Waals surface area contributed by atoms with Crippen LogP contribution in [0.3, 0.4) is 0 Å². The lowest BCUT2D eigenvalue weighted by Gasteiger charge is -2.21. The van der Waals surface area contributed by atoms with E-state index in [2.05, 4.69) is 6.58 Å². The summed E-state index contributed by atoms with van der Waals surface area (Å²) in [5.74, 6) is 1.08. The molecule has 0 radical (unpaired) electrons. The van der Waals surface area contributed by atoms with Crippen LogP contribution in [0.25, 0.3) is 0 Å². The summed E-state index contributed by atoms with van der Waals surface area (Å²) >= 11 is 0. The van der Waals surface area contributed by atoms with Gasteiger partial charge in [-0.05, 0) is 32.3 Å². The van der Waals surface area contributed by atoms with Crippen molar-refractivity contribution in [1.29, 1.82) is 0 Å². The minimum atomic E-state index is -0.204. The molecular formula is C11H16O2. The Labute approximate surface area is 79.3 Å². The van der Waals surface area contributed by atoms with E-state index in [1.807, 2.05) is 13.0 Å². The van der Waals surface area contributed by atoms with Crippen LogP contribution < -0.4 is 0 Å². The third-order valence-corrected chi connectivity index (χ3v) is 2.14. The highest BCUT2D eigenvalue weighted by atomic mass is 16.5. The summed E-state index contributed by atoms with van der Waals surface area (Å²) < 4.78 is 5.42. The first kappa shape index (κ1) is 10.0. The van der Waals surface area contributed by atoms with Gasteiger partial charge in [-0.1, -0.05) is 6.08 Å². The average Bonchev–Trinajstić information content (AvgIpc) is 2.14. The van der Waals surface area contributed by atoms with Gasteiger partial charge in [-0.15, -0.1) is 6.58 Å². The van der Waals surface area contributed by atoms with Gasteiger partial charge in [0, 0.05) is 6.42 Å². The molecule has 0 N–H and O–H groups in total. The maximum Gasteiger partial charge on any atom is 0.173 e. The van der Waals surface area contributed by atoms with Crippen LogP contribution in [-0.4, -0.2) is 11.9 Å². The van der Waals surface area contributed by atoms with Crippen LogP contribution in [0.4, 0.5) is 0 Å². The largest absolute Gasteiger partial charge is 0.488 e. The molecule has 0 aromatic heterocycles. The second-order valence-electron chi connectivity index (χ2n) is 3.29. The first-order chi connectivity index (χ1) is 6.24. The SMILES string of the molecule is C=CCCC(=O)C1CCC=C(C)O1. The quantitative estimate of drug-likeness (QED) is 0.621. The zero-order chi connectivity index (χ0) is 9.68. The van der Waals surface area contributed by atoms with Crippen LogP contribution in [0.2, 0.25) is 0 Å². The molecule has 1 rings (SSSR count). The highest BCUT2D eigenvalue weighted by Gasteiger charge is 2.21. The summed E-state index contributed by atoms with van der Waals surface area (Å²) in [6, 6.07) is 0. The van der Waals surface area contributed by atoms with Crippen LogP contribution in [0.1, 0.15) is 32.6 Å². The third kappa shape index (κ3) is 3.05. The molecule has 1 unspecified atom stereocenters. The number of ketones is 1. The number of ether oxygens (including phenoxy) is 1. The van der Waals surface area contributed by atoms with Gasteiger partial charge >= 0.3 is 0 Å². The van der Waals surface area contributed by atoms with E-state index in [-0.39, 0.29) is 11.9 Å². The van der Waals surface area contributed by atoms with E-state index in [1.165, 1.54) is 0 Å². The topological polar surface area (TPSA) is 26.3 Å². The molecule has 2 nitrogen and oxygen atoms in total. The predicted molar refractivity (Wildman–Crippen MR) is 52.3 cm³/mol. The normalized spacial score (nSPS) is 21.6. The summed E-state index contributed by atoms with van der Waals surface area (Å²) in [6.45, 7) is 5.48. The molecule has 0 aliphatic carbocycles. The summed E-state index contributed by atoms with van der Waals surface area (Å²) in [6.07, 6.45) is 6.68. The van der Waals surface area contributed by atoms with E-state index in [1.54, 1.807) is 6.08 Å². The Hall–Kier alpha value is -1.05. The maximum absolute atomic E-state index is 11.5. The van der Waals surface area contributed by atoms with Crippen molar-refractivity contribution in [3.05, 3.63) is 24.5 Å². The summed E-state index contributed by atoms with van der Waals surface area (Å²) in [7, 11) is 0. The number of hydrogen-bond acceptors (Lipinski definition) is 2. The second kappa shape index (κ2) is 4.85. The Morgan fingerprint density at radius 2 is 2.62 bits per heavy atom. The van der Waals surface area contributed by atoms with Gasteiger partial charge in [0.2, 0.25) is 0 Å². The fraction of sp³-hybridized carbons (Fsp3) is 0.545. The van der Waals surface area contributed by atoms with Crippen molar-refractivity contribution in [3.8, 4) is 0 Å². The molecule has 0 spiro atoms. The Morgan fingerprint density at radius 3 is 3.23 bits per heavy atom. The van der Waals surface area contributed by atoms with Crippen LogP contribution in [-0.2, 0) is 9.53 Å². The smallest absolute Gasteiger partial charge is 0.173 e. The minimum Gasteiger partial charge on any atom is -0.488 e. The van der Waals surface area contributed by atoms with E-state index in [0.29, 0.717) is 6.42 Å². The summed E-state index contributed by atoms with van der Waals surface area (Å²) in [5, 5.41) is 0. The number of Topliss-reactive ketones (excluding diaryl/α,β-unsaturated/α-hetero) is 1. The number of rotatable bonds is 4. The Kier molecular flexibility index (Phi) is 3.74. The van der Waals surface area contributed by atoms with Crippen molar-refractivity contribution in [2.75, 3.05) is 0 Å². The van der Waals surface area contributed by atoms with Crippen molar-refractivity contribution in [2.24, 2.45) is 0 Å². The third-order valence-electron chi connectivity index (χ3n) is 2.14. The van der Waals surface area contributed by atoms with E-state index in [9.17, 15) is 4.79 Å². The lowest BCUT2D eigenvalue weighted by atomic mass is 10.0. The second-order valence-corrected chi connectivity index (χ2v) is 3.29. The fourth-order valence-corrected chi connectivity index (χ4v) is 1.40. The predicted octanol–water partition coefficient (Wildman–Crippen LogP) is 2.60. The molecule has 1 atom stereocenters. The Balaban J connectivity index is 2.39. The molecule has 0 aromatic rings. The van der Waals surface area contributed by atoms with E-state index < -0.39 is 0 Å². The van der Waals surface area contributed by atoms with Crippen LogP contribution in [0.5, 0.6) is 0 Å². The van der Waals surface area contributed by atoms with Gasteiger partial charge in [0.25, 0.3) is 0 Å². The highest BCUT2D eigenvalue weighted by molar-refractivity contribution is 5.83. The molecule has 0 saturated heterocycles. The minimum absolute atomic E-state index is 0.201. The number of hydrogen-bond donors (Lipinski definition) is 0. The van der Waals surface area contributed by atoms with Crippen LogP contribution in [0, 0.1) is 0 Å². The lowest BCUT2D eigenvalue weighted by Crippen LogP contribution is -2.25. The van der Waals surface area contributed by atoms with Gasteiger partial charge in [-0.25, -0.2) is 0 Å². The van der Waals surface area contributed by atoms with Crippen LogP contribution in [0.15, 0.2) is 24.5 Å². The molecule has 1 heterocycles. The van der Waals surface area contributed by atoms with Crippen molar-refractivity contribution in [2.45, 2.75) is 38.7 Å². The number of carbonyl (C=O) groups is 1. The first-order valence-electron chi connectivity index (χ1n) is 4.71. The average molecular weight is 180 g/mol. The van der Waals surface area contributed by atoms with E-state index >= 15 is 0 Å². The molecule has 72 valence electrons. The van der Waals surface area contributed by atoms with Gasteiger partial charge in [-0.3, -0.25) is 4.79 Å². The number of carbonyl (C=O) groups excluding carboxylic acids is 1. The van der Waals surface area contributed by atoms with Crippen molar-refractivity contribution >= 4 is 5.78 Å². The number of allylic oxidation sites excluding steroid dienone is 3. The first-order valence-corrected chi connectivity index (χ1v) is 4.71. The molecule has 13 heavy (non-hydrogen) atoms. The van der Waals surface area contributed by atoms with Gasteiger partial charge < -0.3 is 4.74 Å². The molecule has 0 bridgehead atoms. The van der Waals surface area contributed by atoms with Gasteiger partial charge in [0.1, 0.15) is 0 Å². The Bertz CT molecular complexity index is 228. The van der Waals surface area contributed by atoms with E-state index in [0.717, 1.165) is 25.0 Å². The summed E-state index contributed by atoms with van der Waals surface area (Å²) in [5.41, 5.74) is 0. The van der Waals surface area contributed by atoms with Crippen molar-refractivity contribution in [1.82, 2.24) is 0 Å². The zero-order valence-electron chi connectivity index (χ0n) is 8.08. The molecule has 1 aliphatic rings. The molecule has 1 aliphatic heterocycles. The maximum atomic E-state index is 11.5. The van der Waals surface area contributed by atoms with Crippen LogP contribution >= 0.6 is 0 Å². The fourth-order valence-electron chi connectivity index (χ4n) is 1.40. The van der Waals surface area contributed by atoms with Gasteiger partial charge in [-0.2, -0.15) is 0 Å². The molecule has 0 aromatic carbocycles. The van der Waals surface area contributed by atoms with Gasteiger partial charge in [0.15, 0.2) is 11.9 Å². The van der Waals surface area contributed by atoms with Crippen molar-refractivity contribution < 1.29 is 9.53 Å². The highest BCUT2D eigenvalue weighted by Crippen LogP contribution is 2.18. The lowest BCUT2D eigenvalue weighted by molar-refractivity contribution is -0.129. The van der Waals surface area contributed by atoms with Gasteiger partial charge in [0.05, 0.1) is 5.76 Å². The molecular weight excluding hydrogens is 164 g/mol. The molecule has 0 fully saturated rings. The zero-order valence-corrected chi connectivity index (χ0v) is 8.08. The molecule has 2 heteroatoms. The molecule has 0 amide bonds. The summed E-state index contributed by atoms with van der Waals surface area (Å²) in [4.78, 5) is 11.5. The van der Waals surface area contributed by atoms with Crippen molar-refractivity contribution in [3.63, 3.8) is 0 Å². The van der Waals surface area contributed by atoms with E-state index in [4.69, 9.17) is 4.74 Å². The standard InChI is InChI=1S/C11H16O2/c1-3-4-7-10(12)11-8-5-6-9(2)13-11/h3,6,11H,1,4-5,7-8H2,2H3.